The number of nitrogens with zero attached hydrogens (tertiary/aromatic N) is 2. The topological polar surface area (TPSA) is 57.3 Å². The lowest BCUT2D eigenvalue weighted by Gasteiger charge is -2.42. The number of rotatable bonds is 8. The van der Waals surface area contributed by atoms with Gasteiger partial charge in [-0.05, 0) is 82.5 Å². The van der Waals surface area contributed by atoms with Crippen molar-refractivity contribution in [3.05, 3.63) is 82.1 Å². The minimum absolute atomic E-state index is 0.109. The molecule has 0 bridgehead atoms. The molecular formula is C28H32F4N4OS. The maximum Gasteiger partial charge on any atom is 0.409 e. The average Bonchev–Trinajstić information content (AvgIpc) is 3.49. The number of hydrogen-bond acceptors (Lipinski definition) is 4. The minimum Gasteiger partial charge on any atom is -0.325 e. The fraction of sp³-hybridized carbons (Fsp3) is 0.429. The van der Waals surface area contributed by atoms with Gasteiger partial charge in [0, 0.05) is 40.0 Å². The second kappa shape index (κ2) is 11.0. The molecule has 3 heterocycles. The van der Waals surface area contributed by atoms with Crippen LogP contribution in [0.3, 0.4) is 0 Å². The van der Waals surface area contributed by atoms with Crippen molar-refractivity contribution in [2.24, 2.45) is 5.41 Å². The molecule has 3 aromatic rings. The first-order valence-electron chi connectivity index (χ1n) is 12.5. The van der Waals surface area contributed by atoms with E-state index >= 15 is 0 Å². The molecule has 1 aliphatic rings. The summed E-state index contributed by atoms with van der Waals surface area (Å²) in [6.45, 7) is 6.35. The van der Waals surface area contributed by atoms with Crippen molar-refractivity contribution in [1.29, 1.82) is 0 Å². The summed E-state index contributed by atoms with van der Waals surface area (Å²) in [5.74, 6) is 0. The first-order valence-corrected chi connectivity index (χ1v) is 13.3. The maximum atomic E-state index is 14.7. The number of aryl methyl sites for hydroxylation is 2. The van der Waals surface area contributed by atoms with Gasteiger partial charge in [-0.1, -0.05) is 24.3 Å². The lowest BCUT2D eigenvalue weighted by Crippen LogP contribution is -2.58. The lowest BCUT2D eigenvalue weighted by atomic mass is 9.74. The number of aromatic nitrogens is 1. The molecule has 5 nitrogen and oxygen atoms in total. The molecule has 1 aliphatic heterocycles. The van der Waals surface area contributed by atoms with Crippen molar-refractivity contribution in [1.82, 2.24) is 15.2 Å². The van der Waals surface area contributed by atoms with Crippen LogP contribution >= 0.6 is 11.3 Å². The van der Waals surface area contributed by atoms with E-state index in [0.29, 0.717) is 17.1 Å². The van der Waals surface area contributed by atoms with Gasteiger partial charge in [0.25, 0.3) is 0 Å². The Kier molecular flexibility index (Phi) is 8.13. The summed E-state index contributed by atoms with van der Waals surface area (Å²) < 4.78 is 57.8. The SMILES string of the molecule is Cc1ccc(C(C)(C)N2CC[C@@](CCc3ccc(F)s3)([C@H](NC(=O)Nc3ccccc3)C(F)(F)F)C2)cn1. The molecule has 38 heavy (non-hydrogen) atoms. The number of carbonyl (C=O) groups excluding carboxylic acids is 1. The van der Waals surface area contributed by atoms with Crippen LogP contribution in [0.25, 0.3) is 0 Å². The van der Waals surface area contributed by atoms with Crippen LogP contribution in [-0.4, -0.2) is 41.2 Å². The predicted octanol–water partition coefficient (Wildman–Crippen LogP) is 6.90. The number of thiophene rings is 1. The van der Waals surface area contributed by atoms with Crippen LogP contribution in [0.15, 0.2) is 60.8 Å². The molecule has 10 heteroatoms. The molecule has 2 N–H and O–H groups in total. The first-order chi connectivity index (χ1) is 17.9. The predicted molar refractivity (Wildman–Crippen MR) is 142 cm³/mol. The summed E-state index contributed by atoms with van der Waals surface area (Å²) in [7, 11) is 0. The molecule has 0 saturated carbocycles. The van der Waals surface area contributed by atoms with Crippen molar-refractivity contribution >= 4 is 23.1 Å². The third-order valence-corrected chi connectivity index (χ3v) is 8.47. The number of para-hydroxylation sites is 1. The molecule has 2 atom stereocenters. The van der Waals surface area contributed by atoms with E-state index in [1.807, 2.05) is 37.8 Å². The zero-order valence-electron chi connectivity index (χ0n) is 21.6. The summed E-state index contributed by atoms with van der Waals surface area (Å²) in [4.78, 5) is 19.9. The van der Waals surface area contributed by atoms with Crippen molar-refractivity contribution in [3.8, 4) is 0 Å². The average molecular weight is 549 g/mol. The fourth-order valence-electron chi connectivity index (χ4n) is 5.23. The van der Waals surface area contributed by atoms with Gasteiger partial charge in [-0.25, -0.2) is 4.79 Å². The van der Waals surface area contributed by atoms with E-state index in [1.165, 1.54) is 6.07 Å². The number of likely N-dealkylation sites (tertiary alicyclic amines) is 1. The number of urea groups is 1. The number of hydrogen-bond donors (Lipinski definition) is 2. The summed E-state index contributed by atoms with van der Waals surface area (Å²) in [6.07, 6.45) is -2.29. The highest BCUT2D eigenvalue weighted by molar-refractivity contribution is 7.10. The van der Waals surface area contributed by atoms with E-state index in [4.69, 9.17) is 0 Å². The Bertz CT molecular complexity index is 1230. The molecule has 4 rings (SSSR count). The van der Waals surface area contributed by atoms with Crippen LogP contribution < -0.4 is 10.6 Å². The minimum atomic E-state index is -4.69. The summed E-state index contributed by atoms with van der Waals surface area (Å²) in [6, 6.07) is 12.1. The van der Waals surface area contributed by atoms with Gasteiger partial charge in [-0.15, -0.1) is 11.3 Å². The first kappa shape index (κ1) is 28.0. The molecule has 0 spiro atoms. The molecule has 2 amide bonds. The van der Waals surface area contributed by atoms with Crippen LogP contribution in [0, 0.1) is 17.5 Å². The zero-order chi connectivity index (χ0) is 27.6. The van der Waals surface area contributed by atoms with E-state index in [0.717, 1.165) is 22.6 Å². The Hall–Kier alpha value is -2.98. The van der Waals surface area contributed by atoms with Crippen LogP contribution in [0.5, 0.6) is 0 Å². The Morgan fingerprint density at radius 1 is 1.13 bits per heavy atom. The standard InChI is InChI=1S/C28H32F4N4OS/c1-19-9-10-20(17-33-19)26(2,3)36-16-15-27(18-36,14-13-22-11-12-23(29)38-22)24(28(30,31)32)35-25(37)34-21-7-5-4-6-8-21/h4-12,17,24H,13-16,18H2,1-3H3,(H2,34,35,37)/t24-,27+/m0/s1. The smallest absolute Gasteiger partial charge is 0.325 e. The third kappa shape index (κ3) is 6.35. The van der Waals surface area contributed by atoms with E-state index in [9.17, 15) is 22.4 Å². The van der Waals surface area contributed by atoms with Gasteiger partial charge < -0.3 is 10.6 Å². The van der Waals surface area contributed by atoms with Gasteiger partial charge in [-0.3, -0.25) is 9.88 Å². The zero-order valence-corrected chi connectivity index (χ0v) is 22.4. The second-order valence-electron chi connectivity index (χ2n) is 10.4. The molecule has 2 aromatic heterocycles. The number of pyridine rings is 1. The maximum absolute atomic E-state index is 14.7. The van der Waals surface area contributed by atoms with E-state index in [1.54, 1.807) is 42.6 Å². The van der Waals surface area contributed by atoms with Gasteiger partial charge >= 0.3 is 12.2 Å². The molecule has 0 aliphatic carbocycles. The number of amides is 2. The second-order valence-corrected chi connectivity index (χ2v) is 11.5. The molecule has 0 unspecified atom stereocenters. The Morgan fingerprint density at radius 2 is 1.87 bits per heavy atom. The number of halogens is 4. The molecule has 1 fully saturated rings. The molecule has 1 saturated heterocycles. The molecule has 204 valence electrons. The van der Waals surface area contributed by atoms with Crippen LogP contribution in [0.1, 0.15) is 42.8 Å². The third-order valence-electron chi connectivity index (χ3n) is 7.54. The number of alkyl halides is 3. The largest absolute Gasteiger partial charge is 0.409 e. The van der Waals surface area contributed by atoms with Crippen molar-refractivity contribution in [3.63, 3.8) is 0 Å². The summed E-state index contributed by atoms with van der Waals surface area (Å²) >= 11 is 0.940. The highest BCUT2D eigenvalue weighted by Gasteiger charge is 2.57. The highest BCUT2D eigenvalue weighted by Crippen LogP contribution is 2.48. The molecular weight excluding hydrogens is 516 g/mol. The van der Waals surface area contributed by atoms with Crippen LogP contribution in [0.4, 0.5) is 28.0 Å². The van der Waals surface area contributed by atoms with Crippen LogP contribution in [0.2, 0.25) is 0 Å². The van der Waals surface area contributed by atoms with E-state index in [-0.39, 0.29) is 30.9 Å². The van der Waals surface area contributed by atoms with Gasteiger partial charge in [-0.2, -0.15) is 17.6 Å². The summed E-state index contributed by atoms with van der Waals surface area (Å²) in [5.41, 5.74) is 0.254. The quantitative estimate of drug-likeness (QED) is 0.301. The van der Waals surface area contributed by atoms with Gasteiger partial charge in [0.05, 0.1) is 0 Å². The van der Waals surface area contributed by atoms with Gasteiger partial charge in [0.1, 0.15) is 6.04 Å². The van der Waals surface area contributed by atoms with Crippen molar-refractivity contribution in [2.75, 3.05) is 18.4 Å². The molecule has 0 radical (unpaired) electrons. The number of anilines is 1. The molecule has 1 aromatic carbocycles. The number of carbonyl (C=O) groups is 1. The Balaban J connectivity index is 1.63. The van der Waals surface area contributed by atoms with Crippen LogP contribution in [-0.2, 0) is 12.0 Å². The highest BCUT2D eigenvalue weighted by atomic mass is 32.1. The Labute approximate surface area is 224 Å². The van der Waals surface area contributed by atoms with Crippen molar-refractivity contribution in [2.45, 2.75) is 57.8 Å². The van der Waals surface area contributed by atoms with Crippen molar-refractivity contribution < 1.29 is 22.4 Å². The number of nitrogens with one attached hydrogen (secondary N) is 2. The fourth-order valence-corrected chi connectivity index (χ4v) is 5.96. The Morgan fingerprint density at radius 3 is 2.47 bits per heavy atom. The lowest BCUT2D eigenvalue weighted by molar-refractivity contribution is -0.181. The van der Waals surface area contributed by atoms with Gasteiger partial charge in [0.15, 0.2) is 5.13 Å². The van der Waals surface area contributed by atoms with E-state index in [2.05, 4.69) is 15.6 Å². The normalized spacial score (nSPS) is 19.3. The number of benzene rings is 1. The van der Waals surface area contributed by atoms with E-state index < -0.39 is 29.2 Å². The van der Waals surface area contributed by atoms with Gasteiger partial charge in [0.2, 0.25) is 0 Å². The summed E-state index contributed by atoms with van der Waals surface area (Å²) in [5, 5.41) is 4.41. The monoisotopic (exact) mass is 548 g/mol.